The molecular weight excluding hydrogens is 718 g/mol. The fraction of sp³-hybridized carbons (Fsp3) is 0.515. The SMILES string of the molecule is CN1CCC(N2CCN(C(=O)C(Cc3ccc(Br)c(Br)c3)OC(=O)N3CCC(n4nc(-c5ccccc5)[nH]c4=O)CC3)CC2)CC1. The molecule has 0 radical (unpaired) electrons. The molecule has 13 heteroatoms. The number of piperazine rings is 1. The Morgan fingerprint density at radius 3 is 2.22 bits per heavy atom. The second-order valence-corrected chi connectivity index (χ2v) is 14.2. The average molecular weight is 760 g/mol. The van der Waals surface area contributed by atoms with E-state index in [-0.39, 0.29) is 24.1 Å². The summed E-state index contributed by atoms with van der Waals surface area (Å²) in [4.78, 5) is 51.4. The molecule has 4 heterocycles. The van der Waals surface area contributed by atoms with Crippen molar-refractivity contribution in [3.8, 4) is 11.4 Å². The van der Waals surface area contributed by atoms with E-state index in [1.807, 2.05) is 53.4 Å². The number of nitrogens with one attached hydrogen (secondary N) is 1. The number of rotatable bonds is 7. The number of carbonyl (C=O) groups excluding carboxylic acids is 2. The number of carbonyl (C=O) groups is 2. The first-order valence-electron chi connectivity index (χ1n) is 16.1. The van der Waals surface area contributed by atoms with Gasteiger partial charge in [0.15, 0.2) is 11.9 Å². The molecule has 3 saturated heterocycles. The Bertz CT molecular complexity index is 1560. The summed E-state index contributed by atoms with van der Waals surface area (Å²) in [6.45, 7) is 5.93. The number of H-pyrrole nitrogens is 1. The molecule has 3 aliphatic rings. The van der Waals surface area contributed by atoms with Gasteiger partial charge in [0.2, 0.25) is 0 Å². The molecule has 1 unspecified atom stereocenters. The van der Waals surface area contributed by atoms with Gasteiger partial charge in [0, 0.05) is 66.2 Å². The van der Waals surface area contributed by atoms with Crippen LogP contribution in [0.3, 0.4) is 0 Å². The van der Waals surface area contributed by atoms with E-state index in [0.717, 1.165) is 59.1 Å². The van der Waals surface area contributed by atoms with Crippen molar-refractivity contribution in [3.05, 3.63) is 73.5 Å². The van der Waals surface area contributed by atoms with Crippen molar-refractivity contribution in [1.82, 2.24) is 34.4 Å². The van der Waals surface area contributed by atoms with Crippen LogP contribution in [0.2, 0.25) is 0 Å². The summed E-state index contributed by atoms with van der Waals surface area (Å²) in [7, 11) is 2.17. The van der Waals surface area contributed by atoms with Crippen LogP contribution >= 0.6 is 31.9 Å². The minimum atomic E-state index is -0.935. The number of hydrogen-bond donors (Lipinski definition) is 1. The highest BCUT2D eigenvalue weighted by atomic mass is 79.9. The van der Waals surface area contributed by atoms with Crippen molar-refractivity contribution in [2.24, 2.45) is 0 Å². The number of amides is 2. The van der Waals surface area contributed by atoms with Gasteiger partial charge < -0.3 is 19.4 Å². The Labute approximate surface area is 286 Å². The van der Waals surface area contributed by atoms with E-state index in [1.54, 1.807) is 4.90 Å². The van der Waals surface area contributed by atoms with Crippen LogP contribution in [0.4, 0.5) is 4.79 Å². The highest BCUT2D eigenvalue weighted by molar-refractivity contribution is 9.13. The van der Waals surface area contributed by atoms with E-state index < -0.39 is 12.2 Å². The molecule has 46 heavy (non-hydrogen) atoms. The van der Waals surface area contributed by atoms with Crippen molar-refractivity contribution >= 4 is 43.9 Å². The lowest BCUT2D eigenvalue weighted by atomic mass is 10.0. The zero-order chi connectivity index (χ0) is 32.2. The molecule has 3 fully saturated rings. The van der Waals surface area contributed by atoms with Crippen molar-refractivity contribution in [2.75, 3.05) is 59.4 Å². The number of benzene rings is 2. The van der Waals surface area contributed by atoms with Crippen molar-refractivity contribution in [1.29, 1.82) is 0 Å². The number of ether oxygens (including phenoxy) is 1. The fourth-order valence-corrected chi connectivity index (χ4v) is 7.40. The molecule has 11 nitrogen and oxygen atoms in total. The lowest BCUT2D eigenvalue weighted by Gasteiger charge is -2.42. The van der Waals surface area contributed by atoms with Crippen LogP contribution in [-0.4, -0.2) is 118 Å². The summed E-state index contributed by atoms with van der Waals surface area (Å²) >= 11 is 7.07. The molecule has 1 atom stereocenters. The van der Waals surface area contributed by atoms with Gasteiger partial charge in [0.1, 0.15) is 0 Å². The summed E-state index contributed by atoms with van der Waals surface area (Å²) in [5.41, 5.74) is 1.48. The summed E-state index contributed by atoms with van der Waals surface area (Å²) in [6, 6.07) is 15.8. The largest absolute Gasteiger partial charge is 0.436 e. The van der Waals surface area contributed by atoms with Crippen LogP contribution in [0.15, 0.2) is 62.3 Å². The number of aromatic nitrogens is 3. The summed E-state index contributed by atoms with van der Waals surface area (Å²) in [5.74, 6) is 0.377. The molecule has 3 aliphatic heterocycles. The topological polar surface area (TPSA) is 107 Å². The minimum Gasteiger partial charge on any atom is -0.436 e. The maximum Gasteiger partial charge on any atom is 0.410 e. The highest BCUT2D eigenvalue weighted by Gasteiger charge is 2.35. The Kier molecular flexibility index (Phi) is 10.6. The molecule has 0 bridgehead atoms. The summed E-state index contributed by atoms with van der Waals surface area (Å²) < 4.78 is 9.30. The highest BCUT2D eigenvalue weighted by Crippen LogP contribution is 2.27. The third-order valence-electron chi connectivity index (χ3n) is 9.51. The third kappa shape index (κ3) is 7.75. The zero-order valence-corrected chi connectivity index (χ0v) is 29.3. The smallest absolute Gasteiger partial charge is 0.410 e. The van der Waals surface area contributed by atoms with E-state index in [0.29, 0.717) is 50.9 Å². The maximum absolute atomic E-state index is 13.9. The molecule has 3 aromatic rings. The van der Waals surface area contributed by atoms with E-state index in [9.17, 15) is 14.4 Å². The normalized spacial score (nSPS) is 19.7. The van der Waals surface area contributed by atoms with Gasteiger partial charge in [-0.05, 0) is 95.4 Å². The van der Waals surface area contributed by atoms with E-state index >= 15 is 0 Å². The molecule has 6 rings (SSSR count). The van der Waals surface area contributed by atoms with Gasteiger partial charge in [0.25, 0.3) is 5.91 Å². The standard InChI is InChI=1S/C33H41Br2N7O4/c1-38-13-9-25(10-14-38)39-17-19-40(20-18-39)31(43)29(22-23-7-8-27(34)28(35)21-23)46-33(45)41-15-11-26(12-16-41)42-32(44)36-30(37-42)24-5-3-2-4-6-24/h2-8,21,25-26,29H,9-20,22H2,1H3,(H,36,37,44). The van der Waals surface area contributed by atoms with E-state index in [4.69, 9.17) is 4.74 Å². The van der Waals surface area contributed by atoms with Crippen LogP contribution in [0.25, 0.3) is 11.4 Å². The van der Waals surface area contributed by atoms with Gasteiger partial charge in [-0.1, -0.05) is 36.4 Å². The lowest BCUT2D eigenvalue weighted by Crippen LogP contribution is -2.56. The Morgan fingerprint density at radius 2 is 1.54 bits per heavy atom. The Balaban J connectivity index is 1.09. The third-order valence-corrected chi connectivity index (χ3v) is 11.4. The van der Waals surface area contributed by atoms with Crippen LogP contribution in [-0.2, 0) is 16.0 Å². The van der Waals surface area contributed by atoms with Gasteiger partial charge in [-0.2, -0.15) is 0 Å². The number of halogens is 2. The molecule has 1 N–H and O–H groups in total. The van der Waals surface area contributed by atoms with Gasteiger partial charge in [-0.15, -0.1) is 5.10 Å². The van der Waals surface area contributed by atoms with Crippen LogP contribution < -0.4 is 5.69 Å². The number of aromatic amines is 1. The van der Waals surface area contributed by atoms with Crippen LogP contribution in [0, 0.1) is 0 Å². The fourth-order valence-electron chi connectivity index (χ4n) is 6.73. The maximum atomic E-state index is 13.9. The molecule has 0 aliphatic carbocycles. The monoisotopic (exact) mass is 757 g/mol. The molecule has 2 aromatic carbocycles. The molecule has 0 saturated carbocycles. The summed E-state index contributed by atoms with van der Waals surface area (Å²) in [6.07, 6.45) is 2.28. The Hall–Kier alpha value is -3.00. The zero-order valence-electron chi connectivity index (χ0n) is 26.1. The molecule has 2 amide bonds. The first-order valence-corrected chi connectivity index (χ1v) is 17.7. The summed E-state index contributed by atoms with van der Waals surface area (Å²) in [5, 5.41) is 4.55. The van der Waals surface area contributed by atoms with Gasteiger partial charge in [0.05, 0.1) is 6.04 Å². The predicted octanol–water partition coefficient (Wildman–Crippen LogP) is 4.39. The van der Waals surface area contributed by atoms with E-state index in [1.165, 1.54) is 4.68 Å². The molecule has 246 valence electrons. The predicted molar refractivity (Wildman–Crippen MR) is 183 cm³/mol. The second kappa shape index (κ2) is 14.8. The van der Waals surface area contributed by atoms with E-state index in [2.05, 4.69) is 58.8 Å². The van der Waals surface area contributed by atoms with Gasteiger partial charge >= 0.3 is 11.8 Å². The first-order chi connectivity index (χ1) is 22.2. The quantitative estimate of drug-likeness (QED) is 0.381. The lowest BCUT2D eigenvalue weighted by molar-refractivity contribution is -0.143. The Morgan fingerprint density at radius 1 is 0.870 bits per heavy atom. The number of piperidine rings is 2. The second-order valence-electron chi connectivity index (χ2n) is 12.5. The van der Waals surface area contributed by atoms with Crippen molar-refractivity contribution < 1.29 is 14.3 Å². The number of nitrogens with zero attached hydrogens (tertiary/aromatic N) is 6. The number of hydrogen-bond acceptors (Lipinski definition) is 7. The molecule has 0 spiro atoms. The van der Waals surface area contributed by atoms with Crippen molar-refractivity contribution in [2.45, 2.75) is 50.3 Å². The average Bonchev–Trinajstić information content (AvgIpc) is 3.48. The van der Waals surface area contributed by atoms with Gasteiger partial charge in [-0.3, -0.25) is 14.7 Å². The van der Waals surface area contributed by atoms with Gasteiger partial charge in [-0.25, -0.2) is 14.3 Å². The molecular formula is C33H41Br2N7O4. The van der Waals surface area contributed by atoms with Crippen LogP contribution in [0.5, 0.6) is 0 Å². The minimum absolute atomic E-state index is 0.135. The first kappa shape index (κ1) is 32.9. The van der Waals surface area contributed by atoms with Crippen LogP contribution in [0.1, 0.15) is 37.3 Å². The van der Waals surface area contributed by atoms with Crippen molar-refractivity contribution in [3.63, 3.8) is 0 Å². The molecule has 1 aromatic heterocycles. The number of likely N-dealkylation sites (tertiary alicyclic amines) is 2.